The van der Waals surface area contributed by atoms with E-state index < -0.39 is 23.8 Å². The molecular weight excluding hydrogens is 344 g/mol. The van der Waals surface area contributed by atoms with Crippen LogP contribution in [0.3, 0.4) is 0 Å². The van der Waals surface area contributed by atoms with E-state index in [0.29, 0.717) is 5.02 Å². The molecule has 0 radical (unpaired) electrons. The Balaban J connectivity index is 2.01. The minimum Gasteiger partial charge on any atom is -0.449 e. The summed E-state index contributed by atoms with van der Waals surface area (Å²) < 4.78 is 18.5. The standard InChI is InChI=1S/C16H12Cl2FNO3/c1-9(15(21)20-14-5-3-2-4-13(14)19)23-16(22)10-6-7-11(17)12(18)8-10/h2-9H,1H3,(H,20,21)/t9-/m0/s1. The first-order valence-electron chi connectivity index (χ1n) is 6.60. The van der Waals surface area contributed by atoms with Crippen molar-refractivity contribution in [1.29, 1.82) is 0 Å². The number of amides is 1. The van der Waals surface area contributed by atoms with E-state index in [1.807, 2.05) is 0 Å². The topological polar surface area (TPSA) is 55.4 Å². The van der Waals surface area contributed by atoms with E-state index in [4.69, 9.17) is 27.9 Å². The van der Waals surface area contributed by atoms with Crippen LogP contribution in [0.5, 0.6) is 0 Å². The average molecular weight is 356 g/mol. The van der Waals surface area contributed by atoms with Crippen molar-refractivity contribution in [2.24, 2.45) is 0 Å². The summed E-state index contributed by atoms with van der Waals surface area (Å²) in [6.45, 7) is 1.38. The normalized spacial score (nSPS) is 11.7. The van der Waals surface area contributed by atoms with Gasteiger partial charge in [0.25, 0.3) is 5.91 Å². The zero-order valence-corrected chi connectivity index (χ0v) is 13.5. The Morgan fingerprint density at radius 3 is 2.48 bits per heavy atom. The smallest absolute Gasteiger partial charge is 0.338 e. The minimum absolute atomic E-state index is 0.00920. The summed E-state index contributed by atoms with van der Waals surface area (Å²) >= 11 is 11.6. The molecule has 120 valence electrons. The molecule has 0 fully saturated rings. The van der Waals surface area contributed by atoms with Gasteiger partial charge in [0.2, 0.25) is 0 Å². The molecule has 0 aromatic heterocycles. The number of carbonyl (C=O) groups is 2. The molecule has 4 nitrogen and oxygen atoms in total. The van der Waals surface area contributed by atoms with Crippen molar-refractivity contribution < 1.29 is 18.7 Å². The number of carbonyl (C=O) groups excluding carboxylic acids is 2. The second-order valence-corrected chi connectivity index (χ2v) is 5.46. The van der Waals surface area contributed by atoms with E-state index in [9.17, 15) is 14.0 Å². The number of ether oxygens (including phenoxy) is 1. The van der Waals surface area contributed by atoms with Crippen molar-refractivity contribution in [2.75, 3.05) is 5.32 Å². The fourth-order valence-corrected chi connectivity index (χ4v) is 2.00. The lowest BCUT2D eigenvalue weighted by Crippen LogP contribution is -2.30. The van der Waals surface area contributed by atoms with E-state index in [2.05, 4.69) is 5.32 Å². The molecule has 0 aliphatic carbocycles. The van der Waals surface area contributed by atoms with Crippen molar-refractivity contribution in [3.63, 3.8) is 0 Å². The van der Waals surface area contributed by atoms with Gasteiger partial charge >= 0.3 is 5.97 Å². The highest BCUT2D eigenvalue weighted by Gasteiger charge is 2.20. The molecule has 1 atom stereocenters. The Morgan fingerprint density at radius 1 is 1.13 bits per heavy atom. The second-order valence-electron chi connectivity index (χ2n) is 4.65. The Bertz CT molecular complexity index is 752. The highest BCUT2D eigenvalue weighted by molar-refractivity contribution is 6.42. The van der Waals surface area contributed by atoms with E-state index in [1.54, 1.807) is 6.07 Å². The second kappa shape index (κ2) is 7.44. The first-order chi connectivity index (χ1) is 10.9. The summed E-state index contributed by atoms with van der Waals surface area (Å²) in [5.41, 5.74) is 0.167. The van der Waals surface area contributed by atoms with E-state index in [0.717, 1.165) is 0 Å². The highest BCUT2D eigenvalue weighted by Crippen LogP contribution is 2.23. The average Bonchev–Trinajstić information content (AvgIpc) is 2.52. The monoisotopic (exact) mass is 355 g/mol. The maximum Gasteiger partial charge on any atom is 0.338 e. The molecule has 0 heterocycles. The van der Waals surface area contributed by atoms with Gasteiger partial charge in [-0.3, -0.25) is 4.79 Å². The van der Waals surface area contributed by atoms with Gasteiger partial charge in [-0.05, 0) is 37.3 Å². The SMILES string of the molecule is C[C@H](OC(=O)c1ccc(Cl)c(Cl)c1)C(=O)Nc1ccccc1F. The lowest BCUT2D eigenvalue weighted by Gasteiger charge is -2.14. The van der Waals surface area contributed by atoms with Crippen LogP contribution in [0.4, 0.5) is 10.1 Å². The van der Waals surface area contributed by atoms with Gasteiger partial charge in [-0.15, -0.1) is 0 Å². The number of rotatable bonds is 4. The van der Waals surface area contributed by atoms with E-state index in [1.165, 1.54) is 43.3 Å². The van der Waals surface area contributed by atoms with Crippen molar-refractivity contribution in [2.45, 2.75) is 13.0 Å². The van der Waals surface area contributed by atoms with Crippen LogP contribution in [0.1, 0.15) is 17.3 Å². The third-order valence-corrected chi connectivity index (χ3v) is 3.68. The first-order valence-corrected chi connectivity index (χ1v) is 7.35. The van der Waals surface area contributed by atoms with Crippen molar-refractivity contribution >= 4 is 40.8 Å². The molecule has 2 aromatic rings. The molecule has 0 aliphatic heterocycles. The largest absolute Gasteiger partial charge is 0.449 e. The van der Waals surface area contributed by atoms with Crippen LogP contribution < -0.4 is 5.32 Å². The molecule has 7 heteroatoms. The number of hydrogen-bond acceptors (Lipinski definition) is 3. The summed E-state index contributed by atoms with van der Waals surface area (Å²) in [5, 5.41) is 2.85. The van der Waals surface area contributed by atoms with Crippen LogP contribution in [-0.4, -0.2) is 18.0 Å². The zero-order chi connectivity index (χ0) is 17.0. The Morgan fingerprint density at radius 2 is 1.83 bits per heavy atom. The van der Waals surface area contributed by atoms with E-state index in [-0.39, 0.29) is 16.3 Å². The minimum atomic E-state index is -1.11. The molecule has 2 aromatic carbocycles. The Hall–Kier alpha value is -2.11. The van der Waals surface area contributed by atoms with Crippen molar-refractivity contribution in [1.82, 2.24) is 0 Å². The first kappa shape index (κ1) is 17.2. The quantitative estimate of drug-likeness (QED) is 0.831. The number of benzene rings is 2. The molecule has 0 unspecified atom stereocenters. The number of hydrogen-bond donors (Lipinski definition) is 1. The summed E-state index contributed by atoms with van der Waals surface area (Å²) in [7, 11) is 0. The van der Waals surface area contributed by atoms with Crippen molar-refractivity contribution in [3.05, 3.63) is 63.9 Å². The lowest BCUT2D eigenvalue weighted by atomic mass is 10.2. The highest BCUT2D eigenvalue weighted by atomic mass is 35.5. The molecule has 0 spiro atoms. The lowest BCUT2D eigenvalue weighted by molar-refractivity contribution is -0.123. The fraction of sp³-hybridized carbons (Fsp3) is 0.125. The Kier molecular flexibility index (Phi) is 5.58. The predicted molar refractivity (Wildman–Crippen MR) is 86.4 cm³/mol. The van der Waals surface area contributed by atoms with Gasteiger partial charge in [-0.1, -0.05) is 35.3 Å². The number of halogens is 3. The van der Waals surface area contributed by atoms with Crippen LogP contribution in [0.15, 0.2) is 42.5 Å². The Labute approximate surface area is 142 Å². The van der Waals surface area contributed by atoms with Gasteiger partial charge in [0.05, 0.1) is 21.3 Å². The summed E-state index contributed by atoms with van der Waals surface area (Å²) in [6.07, 6.45) is -1.11. The van der Waals surface area contributed by atoms with Crippen LogP contribution in [0.25, 0.3) is 0 Å². The molecule has 2 rings (SSSR count). The van der Waals surface area contributed by atoms with Crippen molar-refractivity contribution in [3.8, 4) is 0 Å². The molecule has 0 bridgehead atoms. The number of nitrogens with one attached hydrogen (secondary N) is 1. The van der Waals surface area contributed by atoms with Gasteiger partial charge in [0.15, 0.2) is 6.10 Å². The molecule has 23 heavy (non-hydrogen) atoms. The maximum atomic E-state index is 13.5. The van der Waals surface area contributed by atoms with Gasteiger partial charge in [0, 0.05) is 0 Å². The summed E-state index contributed by atoms with van der Waals surface area (Å²) in [4.78, 5) is 23.9. The molecule has 1 amide bonds. The van der Waals surface area contributed by atoms with E-state index >= 15 is 0 Å². The van der Waals surface area contributed by atoms with Gasteiger partial charge in [0.1, 0.15) is 5.82 Å². The van der Waals surface area contributed by atoms with Crippen LogP contribution in [0.2, 0.25) is 10.0 Å². The summed E-state index contributed by atoms with van der Waals surface area (Å²) in [6, 6.07) is 9.91. The van der Waals surface area contributed by atoms with Gasteiger partial charge in [-0.2, -0.15) is 0 Å². The van der Waals surface area contributed by atoms with Crippen LogP contribution >= 0.6 is 23.2 Å². The molecular formula is C16H12Cl2FNO3. The van der Waals surface area contributed by atoms with Gasteiger partial charge in [-0.25, -0.2) is 9.18 Å². The third kappa shape index (κ3) is 4.43. The molecule has 0 saturated heterocycles. The number of para-hydroxylation sites is 1. The van der Waals surface area contributed by atoms with Gasteiger partial charge < -0.3 is 10.1 Å². The van der Waals surface area contributed by atoms with Crippen LogP contribution in [0, 0.1) is 5.82 Å². The predicted octanol–water partition coefficient (Wildman–Crippen LogP) is 4.32. The third-order valence-electron chi connectivity index (χ3n) is 2.94. The summed E-state index contributed by atoms with van der Waals surface area (Å²) in [5.74, 6) is -1.97. The number of anilines is 1. The molecule has 0 saturated carbocycles. The molecule has 1 N–H and O–H groups in total. The fourth-order valence-electron chi connectivity index (χ4n) is 1.70. The molecule has 0 aliphatic rings. The number of esters is 1. The maximum absolute atomic E-state index is 13.5. The zero-order valence-electron chi connectivity index (χ0n) is 12.0. The van der Waals surface area contributed by atoms with Crippen LogP contribution in [-0.2, 0) is 9.53 Å².